The highest BCUT2D eigenvalue weighted by Crippen LogP contribution is 2.10. The molecule has 8 heteroatoms. The summed E-state index contributed by atoms with van der Waals surface area (Å²) in [6.45, 7) is 0. The summed E-state index contributed by atoms with van der Waals surface area (Å²) >= 11 is 0. The zero-order chi connectivity index (χ0) is 12.1. The first-order valence-corrected chi connectivity index (χ1v) is 5.66. The summed E-state index contributed by atoms with van der Waals surface area (Å²) < 4.78 is 29.7. The molecule has 0 heterocycles. The van der Waals surface area contributed by atoms with Crippen molar-refractivity contribution in [3.05, 3.63) is 0 Å². The van der Waals surface area contributed by atoms with Crippen LogP contribution in [0.1, 0.15) is 25.7 Å². The van der Waals surface area contributed by atoms with Gasteiger partial charge >= 0.3 is 11.9 Å². The Morgan fingerprint density at radius 3 is 2.00 bits per heavy atom. The molecule has 0 saturated heterocycles. The van der Waals surface area contributed by atoms with E-state index in [4.69, 9.17) is 14.8 Å². The van der Waals surface area contributed by atoms with E-state index in [1.54, 1.807) is 0 Å². The van der Waals surface area contributed by atoms with E-state index < -0.39 is 27.3 Å². The Morgan fingerprint density at radius 1 is 1.13 bits per heavy atom. The van der Waals surface area contributed by atoms with Gasteiger partial charge in [0.2, 0.25) is 0 Å². The van der Waals surface area contributed by atoms with E-state index >= 15 is 0 Å². The molecule has 0 aliphatic carbocycles. The minimum atomic E-state index is -4.61. The monoisotopic (exact) mass is 240 g/mol. The fourth-order valence-corrected chi connectivity index (χ4v) is 1.73. The Balaban J connectivity index is 4.11. The van der Waals surface area contributed by atoms with Crippen LogP contribution in [0.25, 0.3) is 0 Å². The van der Waals surface area contributed by atoms with E-state index in [0.717, 1.165) is 0 Å². The van der Waals surface area contributed by atoms with E-state index in [2.05, 4.69) is 0 Å². The quantitative estimate of drug-likeness (QED) is 0.421. The fraction of sp³-hybridized carbons (Fsp3) is 0.714. The summed E-state index contributed by atoms with van der Waals surface area (Å²) in [7, 11) is -4.61. The molecule has 3 N–H and O–H groups in total. The van der Waals surface area contributed by atoms with Crippen molar-refractivity contribution in [3.8, 4) is 0 Å². The van der Waals surface area contributed by atoms with Crippen molar-refractivity contribution in [2.24, 2.45) is 0 Å². The van der Waals surface area contributed by atoms with Crippen LogP contribution in [0.3, 0.4) is 0 Å². The first kappa shape index (κ1) is 13.8. The third-order valence-corrected chi connectivity index (χ3v) is 2.90. The highest BCUT2D eigenvalue weighted by molar-refractivity contribution is 7.87. The minimum absolute atomic E-state index is 0.114. The molecule has 0 radical (unpaired) electrons. The summed E-state index contributed by atoms with van der Waals surface area (Å²) in [5.74, 6) is -2.67. The van der Waals surface area contributed by atoms with Crippen LogP contribution in [-0.2, 0) is 19.7 Å². The van der Waals surface area contributed by atoms with Crippen LogP contribution in [0.5, 0.6) is 0 Å². The maximum absolute atomic E-state index is 10.6. The number of carbonyl (C=O) groups is 2. The van der Waals surface area contributed by atoms with Gasteiger partial charge in [0, 0.05) is 6.42 Å². The topological polar surface area (TPSA) is 129 Å². The van der Waals surface area contributed by atoms with Crippen LogP contribution in [0.4, 0.5) is 0 Å². The van der Waals surface area contributed by atoms with Gasteiger partial charge < -0.3 is 10.2 Å². The molecule has 0 bridgehead atoms. The van der Waals surface area contributed by atoms with E-state index in [1.165, 1.54) is 0 Å². The third-order valence-electron chi connectivity index (χ3n) is 1.74. The summed E-state index contributed by atoms with van der Waals surface area (Å²) in [4.78, 5) is 20.5. The number of carboxylic acids is 2. The van der Waals surface area contributed by atoms with Crippen LogP contribution in [-0.4, -0.2) is 40.4 Å². The van der Waals surface area contributed by atoms with Crippen LogP contribution in [0.15, 0.2) is 0 Å². The third kappa shape index (κ3) is 6.02. The first-order valence-electron chi connectivity index (χ1n) is 4.16. The molecular weight excluding hydrogens is 228 g/mol. The normalized spacial score (nSPS) is 13.4. The van der Waals surface area contributed by atoms with Gasteiger partial charge in [-0.05, 0) is 12.8 Å². The zero-order valence-electron chi connectivity index (χ0n) is 7.79. The van der Waals surface area contributed by atoms with Crippen molar-refractivity contribution < 1.29 is 32.8 Å². The first-order chi connectivity index (χ1) is 6.75. The summed E-state index contributed by atoms with van der Waals surface area (Å²) in [5.41, 5.74) is 0. The van der Waals surface area contributed by atoms with Crippen molar-refractivity contribution in [1.29, 1.82) is 0 Å². The van der Waals surface area contributed by atoms with Crippen molar-refractivity contribution in [3.63, 3.8) is 0 Å². The van der Waals surface area contributed by atoms with Crippen LogP contribution in [0, 0.1) is 0 Å². The van der Waals surface area contributed by atoms with Gasteiger partial charge in [0.05, 0.1) is 0 Å². The molecule has 0 aromatic carbocycles. The Hall–Kier alpha value is -1.15. The molecule has 0 aliphatic rings. The largest absolute Gasteiger partial charge is 0.481 e. The number of rotatable bonds is 7. The second-order valence-electron chi connectivity index (χ2n) is 2.98. The van der Waals surface area contributed by atoms with Crippen molar-refractivity contribution in [2.45, 2.75) is 30.9 Å². The van der Waals surface area contributed by atoms with Crippen molar-refractivity contribution in [1.82, 2.24) is 0 Å². The van der Waals surface area contributed by atoms with Gasteiger partial charge in [-0.15, -0.1) is 0 Å². The molecule has 0 saturated carbocycles. The number of unbranched alkanes of at least 4 members (excludes halogenated alkanes) is 1. The van der Waals surface area contributed by atoms with Crippen molar-refractivity contribution >= 4 is 22.1 Å². The van der Waals surface area contributed by atoms with Crippen LogP contribution < -0.4 is 0 Å². The molecule has 88 valence electrons. The van der Waals surface area contributed by atoms with Gasteiger partial charge in [0.15, 0.2) is 5.25 Å². The van der Waals surface area contributed by atoms with Gasteiger partial charge in [-0.3, -0.25) is 14.1 Å². The molecule has 1 unspecified atom stereocenters. The molecule has 0 aliphatic heterocycles. The maximum Gasteiger partial charge on any atom is 0.324 e. The van der Waals surface area contributed by atoms with Gasteiger partial charge in [-0.2, -0.15) is 8.42 Å². The molecule has 0 fully saturated rings. The molecule has 0 rings (SSSR count). The molecule has 1 atom stereocenters. The molecule has 0 aromatic rings. The fourth-order valence-electron chi connectivity index (χ4n) is 1.01. The molecule has 0 spiro atoms. The lowest BCUT2D eigenvalue weighted by Gasteiger charge is -2.07. The number of carboxylic acid groups (broad SMARTS) is 2. The van der Waals surface area contributed by atoms with Crippen molar-refractivity contribution in [2.75, 3.05) is 0 Å². The van der Waals surface area contributed by atoms with E-state index in [1.807, 2.05) is 0 Å². The summed E-state index contributed by atoms with van der Waals surface area (Å²) in [6, 6.07) is 0. The highest BCUT2D eigenvalue weighted by Gasteiger charge is 2.29. The average molecular weight is 240 g/mol. The summed E-state index contributed by atoms with van der Waals surface area (Å²) in [5, 5.41) is 14.9. The molecule has 7 nitrogen and oxygen atoms in total. The van der Waals surface area contributed by atoms with Crippen LogP contribution in [0.2, 0.25) is 0 Å². The second kappa shape index (κ2) is 5.66. The van der Waals surface area contributed by atoms with Gasteiger partial charge in [-0.25, -0.2) is 0 Å². The highest BCUT2D eigenvalue weighted by atomic mass is 32.2. The number of hydrogen-bond donors (Lipinski definition) is 3. The zero-order valence-corrected chi connectivity index (χ0v) is 8.61. The lowest BCUT2D eigenvalue weighted by atomic mass is 10.1. The maximum atomic E-state index is 10.6. The smallest absolute Gasteiger partial charge is 0.324 e. The Morgan fingerprint density at radius 2 is 1.67 bits per heavy atom. The Labute approximate surface area is 86.5 Å². The standard InChI is InChI=1S/C7H12O7S/c8-6(9)4-2-1-3-5(7(10)11)15(12,13)14/h5H,1-4H2,(H,8,9)(H,10,11)(H,12,13,14). The SMILES string of the molecule is O=C(O)CCCCC(C(=O)O)S(=O)(=O)O. The number of hydrogen-bond acceptors (Lipinski definition) is 4. The molecule has 15 heavy (non-hydrogen) atoms. The molecule has 0 amide bonds. The second-order valence-corrected chi connectivity index (χ2v) is 4.58. The number of aliphatic carboxylic acids is 2. The van der Waals surface area contributed by atoms with E-state index in [0.29, 0.717) is 0 Å². The van der Waals surface area contributed by atoms with Crippen LogP contribution >= 0.6 is 0 Å². The summed E-state index contributed by atoms with van der Waals surface area (Å²) in [6.07, 6.45) is -0.156. The van der Waals surface area contributed by atoms with Gasteiger partial charge in [0.25, 0.3) is 10.1 Å². The van der Waals surface area contributed by atoms with Gasteiger partial charge in [-0.1, -0.05) is 6.42 Å². The predicted octanol–water partition coefficient (Wildman–Crippen LogP) is -0.0276. The molecule has 0 aromatic heterocycles. The lowest BCUT2D eigenvalue weighted by molar-refractivity contribution is -0.137. The van der Waals surface area contributed by atoms with E-state index in [-0.39, 0.29) is 25.7 Å². The Bertz CT molecular complexity index is 331. The Kier molecular flexibility index (Phi) is 5.23. The average Bonchev–Trinajstić information content (AvgIpc) is 1.99. The predicted molar refractivity (Wildman–Crippen MR) is 49.1 cm³/mol. The van der Waals surface area contributed by atoms with E-state index in [9.17, 15) is 18.0 Å². The van der Waals surface area contributed by atoms with Gasteiger partial charge in [0.1, 0.15) is 0 Å². The lowest BCUT2D eigenvalue weighted by Crippen LogP contribution is -2.29. The minimum Gasteiger partial charge on any atom is -0.481 e. The molecular formula is C7H12O7S.